The van der Waals surface area contributed by atoms with Gasteiger partial charge in [-0.25, -0.2) is 8.42 Å². The standard InChI is InChI=1S/C31H39N3O4S/c1-23-12-16-26(17-13-23)21-34(28(30(36)32-31(3,4)5)20-25-10-8-7-9-11-25)29(35)22-33(6)39(37,38)27-18-14-24(2)15-19-27/h7-19,28H,20-22H2,1-6H3,(H,32,36)/t28-/m1/s1. The van der Waals surface area contributed by atoms with Crippen molar-refractivity contribution in [2.45, 2.75) is 64.1 Å². The molecule has 39 heavy (non-hydrogen) atoms. The summed E-state index contributed by atoms with van der Waals surface area (Å²) in [5.74, 6) is -0.755. The molecule has 7 nitrogen and oxygen atoms in total. The Balaban J connectivity index is 1.98. The van der Waals surface area contributed by atoms with Gasteiger partial charge in [0.05, 0.1) is 11.4 Å². The number of amides is 2. The second-order valence-electron chi connectivity index (χ2n) is 11.0. The molecule has 0 aliphatic rings. The Morgan fingerprint density at radius 2 is 1.36 bits per heavy atom. The molecule has 0 spiro atoms. The van der Waals surface area contributed by atoms with E-state index in [-0.39, 0.29) is 23.8 Å². The van der Waals surface area contributed by atoms with E-state index in [0.717, 1.165) is 26.6 Å². The number of hydrogen-bond acceptors (Lipinski definition) is 4. The average molecular weight is 550 g/mol. The van der Waals surface area contributed by atoms with Crippen molar-refractivity contribution < 1.29 is 18.0 Å². The molecule has 3 aromatic carbocycles. The summed E-state index contributed by atoms with van der Waals surface area (Å²) in [6, 6.07) is 22.9. The van der Waals surface area contributed by atoms with Crippen molar-refractivity contribution in [2.75, 3.05) is 13.6 Å². The highest BCUT2D eigenvalue weighted by atomic mass is 32.2. The molecule has 8 heteroatoms. The first-order chi connectivity index (χ1) is 18.3. The summed E-state index contributed by atoms with van der Waals surface area (Å²) in [5, 5.41) is 3.02. The number of sulfonamides is 1. The van der Waals surface area contributed by atoms with Gasteiger partial charge >= 0.3 is 0 Å². The van der Waals surface area contributed by atoms with Gasteiger partial charge in [-0.15, -0.1) is 0 Å². The summed E-state index contributed by atoms with van der Waals surface area (Å²) in [6.45, 7) is 9.27. The fourth-order valence-corrected chi connectivity index (χ4v) is 5.27. The van der Waals surface area contributed by atoms with Crippen molar-refractivity contribution in [3.05, 3.63) is 101 Å². The van der Waals surface area contributed by atoms with Gasteiger partial charge < -0.3 is 10.2 Å². The quantitative estimate of drug-likeness (QED) is 0.404. The molecule has 0 aliphatic heterocycles. The number of carbonyl (C=O) groups excluding carboxylic acids is 2. The summed E-state index contributed by atoms with van der Waals surface area (Å²) in [7, 11) is -2.52. The molecule has 0 heterocycles. The third-order valence-corrected chi connectivity index (χ3v) is 8.15. The first kappa shape index (κ1) is 30.1. The van der Waals surface area contributed by atoms with Gasteiger partial charge in [0.1, 0.15) is 6.04 Å². The summed E-state index contributed by atoms with van der Waals surface area (Å²) in [6.07, 6.45) is 0.286. The number of benzene rings is 3. The maximum absolute atomic E-state index is 13.9. The molecule has 0 saturated carbocycles. The van der Waals surface area contributed by atoms with Crippen LogP contribution in [0, 0.1) is 13.8 Å². The van der Waals surface area contributed by atoms with Gasteiger partial charge in [0.15, 0.2) is 0 Å². The maximum Gasteiger partial charge on any atom is 0.243 e. The van der Waals surface area contributed by atoms with Crippen molar-refractivity contribution in [2.24, 2.45) is 0 Å². The Hall–Kier alpha value is -3.49. The van der Waals surface area contributed by atoms with E-state index in [1.165, 1.54) is 24.1 Å². The average Bonchev–Trinajstić information content (AvgIpc) is 2.87. The minimum atomic E-state index is -3.91. The monoisotopic (exact) mass is 549 g/mol. The first-order valence-corrected chi connectivity index (χ1v) is 14.4. The first-order valence-electron chi connectivity index (χ1n) is 13.0. The van der Waals surface area contributed by atoms with E-state index in [0.29, 0.717) is 0 Å². The number of hydrogen-bond donors (Lipinski definition) is 1. The lowest BCUT2D eigenvalue weighted by Crippen LogP contribution is -2.56. The molecular formula is C31H39N3O4S. The van der Waals surface area contributed by atoms with Crippen molar-refractivity contribution in [3.8, 4) is 0 Å². The molecule has 208 valence electrons. The van der Waals surface area contributed by atoms with Crippen LogP contribution in [0.5, 0.6) is 0 Å². The number of likely N-dealkylation sites (N-methyl/N-ethyl adjacent to an activating group) is 1. The molecule has 1 atom stereocenters. The number of carbonyl (C=O) groups is 2. The second-order valence-corrected chi connectivity index (χ2v) is 13.1. The normalized spacial score (nSPS) is 12.7. The highest BCUT2D eigenvalue weighted by Gasteiger charge is 2.34. The van der Waals surface area contributed by atoms with Crippen LogP contribution in [0.1, 0.15) is 43.0 Å². The Labute approximate surface area is 232 Å². The zero-order valence-electron chi connectivity index (χ0n) is 23.6. The van der Waals surface area contributed by atoms with Crippen LogP contribution in [-0.4, -0.2) is 54.6 Å². The van der Waals surface area contributed by atoms with Gasteiger partial charge in [-0.1, -0.05) is 77.9 Å². The Kier molecular flexibility index (Phi) is 9.69. The fourth-order valence-electron chi connectivity index (χ4n) is 4.15. The van der Waals surface area contributed by atoms with E-state index < -0.39 is 34.1 Å². The molecule has 0 fully saturated rings. The summed E-state index contributed by atoms with van der Waals surface area (Å²) in [5.41, 5.74) is 3.24. The van der Waals surface area contributed by atoms with Gasteiger partial charge in [-0.3, -0.25) is 9.59 Å². The topological polar surface area (TPSA) is 86.8 Å². The molecule has 3 rings (SSSR count). The maximum atomic E-state index is 13.9. The van der Waals surface area contributed by atoms with Crippen LogP contribution in [0.4, 0.5) is 0 Å². The van der Waals surface area contributed by atoms with Crippen LogP contribution in [0.25, 0.3) is 0 Å². The molecule has 3 aromatic rings. The van der Waals surface area contributed by atoms with E-state index in [4.69, 9.17) is 0 Å². The third kappa shape index (κ3) is 8.50. The van der Waals surface area contributed by atoms with Gasteiger partial charge in [0.2, 0.25) is 21.8 Å². The van der Waals surface area contributed by atoms with Crippen LogP contribution < -0.4 is 5.32 Å². The fraction of sp³-hybridized carbons (Fsp3) is 0.355. The minimum absolute atomic E-state index is 0.111. The zero-order chi connectivity index (χ0) is 28.8. The largest absolute Gasteiger partial charge is 0.350 e. The van der Waals surface area contributed by atoms with Crippen molar-refractivity contribution in [1.82, 2.24) is 14.5 Å². The van der Waals surface area contributed by atoms with Crippen LogP contribution >= 0.6 is 0 Å². The lowest BCUT2D eigenvalue weighted by Gasteiger charge is -2.34. The van der Waals surface area contributed by atoms with Gasteiger partial charge in [0.25, 0.3) is 0 Å². The highest BCUT2D eigenvalue weighted by Crippen LogP contribution is 2.19. The summed E-state index contributed by atoms with van der Waals surface area (Å²) < 4.78 is 27.6. The Bertz CT molecular complexity index is 1360. The number of nitrogens with zero attached hydrogens (tertiary/aromatic N) is 2. The minimum Gasteiger partial charge on any atom is -0.350 e. The number of nitrogens with one attached hydrogen (secondary N) is 1. The smallest absolute Gasteiger partial charge is 0.243 e. The SMILES string of the molecule is Cc1ccc(CN(C(=O)CN(C)S(=O)(=O)c2ccc(C)cc2)[C@H](Cc2ccccc2)C(=O)NC(C)(C)C)cc1. The predicted octanol–water partition coefficient (Wildman–Crippen LogP) is 4.48. The second kappa shape index (κ2) is 12.6. The van der Waals surface area contributed by atoms with Crippen LogP contribution in [0.2, 0.25) is 0 Å². The van der Waals surface area contributed by atoms with Crippen molar-refractivity contribution in [1.29, 1.82) is 0 Å². The number of aryl methyl sites for hydroxylation is 2. The van der Waals surface area contributed by atoms with Crippen molar-refractivity contribution >= 4 is 21.8 Å². The molecule has 1 N–H and O–H groups in total. The van der Waals surface area contributed by atoms with Crippen molar-refractivity contribution in [3.63, 3.8) is 0 Å². The molecule has 2 amide bonds. The molecule has 0 saturated heterocycles. The van der Waals surface area contributed by atoms with Gasteiger partial charge in [0, 0.05) is 25.6 Å². The van der Waals surface area contributed by atoms with Crippen LogP contribution in [-0.2, 0) is 32.6 Å². The van der Waals surface area contributed by atoms with E-state index in [1.54, 1.807) is 12.1 Å². The predicted molar refractivity (Wildman–Crippen MR) is 155 cm³/mol. The third-order valence-electron chi connectivity index (χ3n) is 6.33. The molecule has 0 unspecified atom stereocenters. The molecular weight excluding hydrogens is 510 g/mol. The van der Waals surface area contributed by atoms with Gasteiger partial charge in [-0.2, -0.15) is 4.31 Å². The van der Waals surface area contributed by atoms with E-state index in [1.807, 2.05) is 89.2 Å². The van der Waals surface area contributed by atoms with E-state index in [2.05, 4.69) is 5.32 Å². The Morgan fingerprint density at radius 1 is 0.821 bits per heavy atom. The molecule has 0 bridgehead atoms. The summed E-state index contributed by atoms with van der Waals surface area (Å²) >= 11 is 0. The van der Waals surface area contributed by atoms with E-state index >= 15 is 0 Å². The lowest BCUT2D eigenvalue weighted by atomic mass is 10.0. The zero-order valence-corrected chi connectivity index (χ0v) is 24.5. The lowest BCUT2D eigenvalue weighted by molar-refractivity contribution is -0.141. The molecule has 0 radical (unpaired) electrons. The highest BCUT2D eigenvalue weighted by molar-refractivity contribution is 7.89. The van der Waals surface area contributed by atoms with Crippen LogP contribution in [0.3, 0.4) is 0 Å². The summed E-state index contributed by atoms with van der Waals surface area (Å²) in [4.78, 5) is 29.2. The van der Waals surface area contributed by atoms with Crippen LogP contribution in [0.15, 0.2) is 83.8 Å². The molecule has 0 aromatic heterocycles. The van der Waals surface area contributed by atoms with Gasteiger partial charge in [-0.05, 0) is 57.9 Å². The van der Waals surface area contributed by atoms with E-state index in [9.17, 15) is 18.0 Å². The Morgan fingerprint density at radius 3 is 1.90 bits per heavy atom. The number of rotatable bonds is 10. The molecule has 0 aliphatic carbocycles.